The van der Waals surface area contributed by atoms with Crippen molar-refractivity contribution in [2.75, 3.05) is 52.5 Å². The topological polar surface area (TPSA) is 89.2 Å². The van der Waals surface area contributed by atoms with Crippen molar-refractivity contribution < 1.29 is 10.2 Å². The van der Waals surface area contributed by atoms with Gasteiger partial charge >= 0.3 is 0 Å². The van der Waals surface area contributed by atoms with Gasteiger partial charge in [-0.05, 0) is 13.8 Å². The van der Waals surface area contributed by atoms with Crippen LogP contribution < -0.4 is 10.6 Å². The van der Waals surface area contributed by atoms with Gasteiger partial charge in [0.15, 0.2) is 0 Å². The summed E-state index contributed by atoms with van der Waals surface area (Å²) >= 11 is 0. The lowest BCUT2D eigenvalue weighted by atomic mass is 10.2. The number of rotatable bonds is 12. The van der Waals surface area contributed by atoms with Crippen LogP contribution in [0.4, 0.5) is 0 Å². The summed E-state index contributed by atoms with van der Waals surface area (Å²) in [4.78, 5) is 8.87. The van der Waals surface area contributed by atoms with Crippen LogP contribution in [0.5, 0.6) is 0 Å². The summed E-state index contributed by atoms with van der Waals surface area (Å²) < 4.78 is 0. The van der Waals surface area contributed by atoms with Gasteiger partial charge in [0, 0.05) is 44.0 Å². The summed E-state index contributed by atoms with van der Waals surface area (Å²) in [5.74, 6) is 0. The van der Waals surface area contributed by atoms with E-state index in [2.05, 4.69) is 20.6 Å². The second-order valence-electron chi connectivity index (χ2n) is 4.36. The van der Waals surface area contributed by atoms with Crippen molar-refractivity contribution in [2.24, 2.45) is 9.98 Å². The normalized spacial score (nSPS) is 13.1. The van der Waals surface area contributed by atoms with E-state index >= 15 is 0 Å². The quantitative estimate of drug-likeness (QED) is 0.284. The number of hydrogen-bond donors (Lipinski definition) is 4. The molecule has 0 fully saturated rings. The third-order valence-electron chi connectivity index (χ3n) is 2.43. The van der Waals surface area contributed by atoms with Crippen LogP contribution in [0.1, 0.15) is 20.3 Å². The SMILES string of the molecule is CC(CC(C)=NCCNCCO)=NCCNCCO. The van der Waals surface area contributed by atoms with E-state index in [0.29, 0.717) is 13.1 Å². The molecule has 0 radical (unpaired) electrons. The maximum atomic E-state index is 8.60. The molecular formula is C13H28N4O2. The van der Waals surface area contributed by atoms with Crippen LogP contribution in [0.25, 0.3) is 0 Å². The highest BCUT2D eigenvalue weighted by Gasteiger charge is 1.95. The summed E-state index contributed by atoms with van der Waals surface area (Å²) in [6.45, 7) is 8.64. The third-order valence-corrected chi connectivity index (χ3v) is 2.43. The highest BCUT2D eigenvalue weighted by atomic mass is 16.3. The van der Waals surface area contributed by atoms with E-state index in [4.69, 9.17) is 10.2 Å². The average molecular weight is 272 g/mol. The molecule has 112 valence electrons. The molecule has 0 saturated heterocycles. The standard InChI is InChI=1S/C13H28N4O2/c1-12(16-5-3-14-7-9-18)11-13(2)17-6-4-15-8-10-19/h14-15,18-19H,3-11H2,1-2H3. The number of aliphatic imine (C=N–C) groups is 2. The minimum atomic E-state index is 0.165. The lowest BCUT2D eigenvalue weighted by Gasteiger charge is -2.03. The molecule has 0 atom stereocenters. The second kappa shape index (κ2) is 13.6. The van der Waals surface area contributed by atoms with Crippen molar-refractivity contribution >= 4 is 11.4 Å². The van der Waals surface area contributed by atoms with Crippen LogP contribution >= 0.6 is 0 Å². The van der Waals surface area contributed by atoms with Crippen LogP contribution in [-0.2, 0) is 0 Å². The molecular weight excluding hydrogens is 244 g/mol. The summed E-state index contributed by atoms with van der Waals surface area (Å²) in [5, 5.41) is 23.4. The molecule has 19 heavy (non-hydrogen) atoms. The van der Waals surface area contributed by atoms with Gasteiger partial charge in [0.2, 0.25) is 0 Å². The zero-order valence-corrected chi connectivity index (χ0v) is 12.2. The molecule has 0 rings (SSSR count). The Morgan fingerprint density at radius 1 is 0.789 bits per heavy atom. The van der Waals surface area contributed by atoms with Gasteiger partial charge in [-0.2, -0.15) is 0 Å². The van der Waals surface area contributed by atoms with Crippen LogP contribution in [0.2, 0.25) is 0 Å². The average Bonchev–Trinajstić information content (AvgIpc) is 2.38. The molecule has 0 aromatic heterocycles. The molecule has 0 spiro atoms. The Balaban J connectivity index is 3.68. The Labute approximate surface area is 116 Å². The predicted octanol–water partition coefficient (Wildman–Crippen LogP) is -0.538. The maximum absolute atomic E-state index is 8.60. The first-order chi connectivity index (χ1) is 9.20. The van der Waals surface area contributed by atoms with Crippen LogP contribution in [-0.4, -0.2) is 74.1 Å². The molecule has 0 bridgehead atoms. The van der Waals surface area contributed by atoms with E-state index < -0.39 is 0 Å². The predicted molar refractivity (Wildman–Crippen MR) is 80.5 cm³/mol. The van der Waals surface area contributed by atoms with E-state index in [1.807, 2.05) is 13.8 Å². The van der Waals surface area contributed by atoms with Crippen LogP contribution in [0, 0.1) is 0 Å². The van der Waals surface area contributed by atoms with Crippen molar-refractivity contribution in [2.45, 2.75) is 20.3 Å². The molecule has 6 heteroatoms. The molecule has 0 aliphatic rings. The fraction of sp³-hybridized carbons (Fsp3) is 0.846. The van der Waals surface area contributed by atoms with E-state index in [-0.39, 0.29) is 13.2 Å². The Morgan fingerprint density at radius 2 is 1.21 bits per heavy atom. The van der Waals surface area contributed by atoms with Crippen molar-refractivity contribution in [3.05, 3.63) is 0 Å². The fourth-order valence-corrected chi connectivity index (χ4v) is 1.54. The first kappa shape index (κ1) is 18.2. The van der Waals surface area contributed by atoms with Gasteiger partial charge in [0.1, 0.15) is 0 Å². The molecule has 0 aromatic rings. The number of nitrogens with zero attached hydrogens (tertiary/aromatic N) is 2. The van der Waals surface area contributed by atoms with E-state index in [0.717, 1.165) is 44.0 Å². The van der Waals surface area contributed by atoms with Gasteiger partial charge in [-0.3, -0.25) is 9.98 Å². The Bertz CT molecular complexity index is 241. The maximum Gasteiger partial charge on any atom is 0.0555 e. The molecule has 0 heterocycles. The molecule has 0 saturated carbocycles. The highest BCUT2D eigenvalue weighted by Crippen LogP contribution is 1.91. The van der Waals surface area contributed by atoms with Crippen LogP contribution in [0.15, 0.2) is 9.98 Å². The Kier molecular flexibility index (Phi) is 13.0. The van der Waals surface area contributed by atoms with Gasteiger partial charge < -0.3 is 20.8 Å². The monoisotopic (exact) mass is 272 g/mol. The molecule has 6 nitrogen and oxygen atoms in total. The van der Waals surface area contributed by atoms with Crippen molar-refractivity contribution in [3.8, 4) is 0 Å². The largest absolute Gasteiger partial charge is 0.395 e. The Hall–Kier alpha value is -0.820. The number of nitrogens with one attached hydrogen (secondary N) is 2. The van der Waals surface area contributed by atoms with Crippen molar-refractivity contribution in [1.29, 1.82) is 0 Å². The summed E-state index contributed by atoms with van der Waals surface area (Å²) in [6, 6.07) is 0. The number of aliphatic hydroxyl groups is 2. The molecule has 0 aromatic carbocycles. The van der Waals surface area contributed by atoms with Crippen molar-refractivity contribution in [3.63, 3.8) is 0 Å². The second-order valence-corrected chi connectivity index (χ2v) is 4.36. The number of hydrogen-bond acceptors (Lipinski definition) is 6. The zero-order valence-electron chi connectivity index (χ0n) is 12.2. The Morgan fingerprint density at radius 3 is 1.58 bits per heavy atom. The lowest BCUT2D eigenvalue weighted by Crippen LogP contribution is -2.22. The molecule has 0 aliphatic heterocycles. The van der Waals surface area contributed by atoms with Crippen molar-refractivity contribution in [1.82, 2.24) is 10.6 Å². The van der Waals surface area contributed by atoms with E-state index in [1.165, 1.54) is 0 Å². The minimum absolute atomic E-state index is 0.165. The highest BCUT2D eigenvalue weighted by molar-refractivity contribution is 6.02. The molecule has 0 unspecified atom stereocenters. The third kappa shape index (κ3) is 13.4. The smallest absolute Gasteiger partial charge is 0.0555 e. The molecule has 4 N–H and O–H groups in total. The zero-order chi connectivity index (χ0) is 14.3. The van der Waals surface area contributed by atoms with Gasteiger partial charge in [-0.1, -0.05) is 0 Å². The van der Waals surface area contributed by atoms with Gasteiger partial charge in [-0.25, -0.2) is 0 Å². The van der Waals surface area contributed by atoms with E-state index in [9.17, 15) is 0 Å². The van der Waals surface area contributed by atoms with Crippen LogP contribution in [0.3, 0.4) is 0 Å². The minimum Gasteiger partial charge on any atom is -0.395 e. The molecule has 0 amide bonds. The summed E-state index contributed by atoms with van der Waals surface area (Å²) in [7, 11) is 0. The van der Waals surface area contributed by atoms with E-state index in [1.54, 1.807) is 0 Å². The fourth-order valence-electron chi connectivity index (χ4n) is 1.54. The van der Waals surface area contributed by atoms with Gasteiger partial charge in [-0.15, -0.1) is 0 Å². The molecule has 0 aliphatic carbocycles. The summed E-state index contributed by atoms with van der Waals surface area (Å²) in [6.07, 6.45) is 0.806. The number of aliphatic hydroxyl groups excluding tert-OH is 2. The van der Waals surface area contributed by atoms with Gasteiger partial charge in [0.05, 0.1) is 26.3 Å². The first-order valence-electron chi connectivity index (χ1n) is 6.83. The summed E-state index contributed by atoms with van der Waals surface area (Å²) in [5.41, 5.74) is 2.16. The lowest BCUT2D eigenvalue weighted by molar-refractivity contribution is 0.293. The first-order valence-corrected chi connectivity index (χ1v) is 6.83. The van der Waals surface area contributed by atoms with Gasteiger partial charge in [0.25, 0.3) is 0 Å².